The van der Waals surface area contributed by atoms with Gasteiger partial charge in [-0.2, -0.15) is 13.5 Å². The number of nitrogens with zero attached hydrogens (tertiary/aromatic N) is 1. The van der Waals surface area contributed by atoms with Gasteiger partial charge in [0.15, 0.2) is 5.75 Å². The lowest BCUT2D eigenvalue weighted by Gasteiger charge is -2.09. The highest BCUT2D eigenvalue weighted by atomic mass is 35.5. The second-order valence-electron chi connectivity index (χ2n) is 6.24. The van der Waals surface area contributed by atoms with E-state index >= 15 is 0 Å². The number of halogens is 2. The summed E-state index contributed by atoms with van der Waals surface area (Å²) in [5.41, 5.74) is 1.70. The third kappa shape index (κ3) is 5.38. The van der Waals surface area contributed by atoms with Crippen LogP contribution < -0.4 is 9.57 Å². The molecule has 3 aromatic rings. The number of carbonyl (C=O) groups excluding carboxylic acids is 1. The van der Waals surface area contributed by atoms with E-state index in [2.05, 4.69) is 9.93 Å². The molecule has 0 aromatic heterocycles. The molecule has 0 aliphatic rings. The van der Waals surface area contributed by atoms with E-state index in [-0.39, 0.29) is 20.7 Å². The average molecular weight is 463 g/mol. The van der Waals surface area contributed by atoms with Crippen molar-refractivity contribution in [3.05, 3.63) is 93.5 Å². The number of ether oxygens (including phenoxy) is 1. The van der Waals surface area contributed by atoms with Gasteiger partial charge < -0.3 is 4.74 Å². The zero-order valence-corrected chi connectivity index (χ0v) is 18.0. The normalized spacial score (nSPS) is 11.4. The lowest BCUT2D eigenvalue weighted by molar-refractivity contribution is 0.0735. The molecule has 0 unspecified atom stereocenters. The molecule has 0 bridgehead atoms. The molecule has 30 heavy (non-hydrogen) atoms. The van der Waals surface area contributed by atoms with Gasteiger partial charge in [-0.3, -0.25) is 0 Å². The SMILES string of the molecule is Cc1ccc(S(=O)(=O)N/N=C\c2cc(Cl)c(OC(=O)c3ccccc3)c(Cl)c2)cc1. The van der Waals surface area contributed by atoms with E-state index in [1.54, 1.807) is 42.5 Å². The Morgan fingerprint density at radius 1 is 1.00 bits per heavy atom. The fourth-order valence-corrected chi connectivity index (χ4v) is 3.79. The van der Waals surface area contributed by atoms with Gasteiger partial charge in [-0.25, -0.2) is 9.63 Å². The first kappa shape index (κ1) is 21.8. The monoisotopic (exact) mass is 462 g/mol. The Kier molecular flexibility index (Phi) is 6.77. The summed E-state index contributed by atoms with van der Waals surface area (Å²) in [4.78, 5) is 14.4. The fourth-order valence-electron chi connectivity index (χ4n) is 2.42. The van der Waals surface area contributed by atoms with Crippen LogP contribution in [0.4, 0.5) is 0 Å². The molecular formula is C21H16Cl2N2O4S. The van der Waals surface area contributed by atoms with Gasteiger partial charge in [0.1, 0.15) is 0 Å². The molecule has 9 heteroatoms. The molecule has 0 radical (unpaired) electrons. The topological polar surface area (TPSA) is 84.8 Å². The molecule has 3 aromatic carbocycles. The first-order valence-corrected chi connectivity index (χ1v) is 10.9. The Hall–Kier alpha value is -2.87. The van der Waals surface area contributed by atoms with Crippen LogP contribution in [0.25, 0.3) is 0 Å². The number of benzene rings is 3. The minimum Gasteiger partial charge on any atom is -0.420 e. The molecule has 0 saturated carbocycles. The first-order valence-electron chi connectivity index (χ1n) is 8.64. The zero-order chi connectivity index (χ0) is 21.7. The third-order valence-corrected chi connectivity index (χ3v) is 5.74. The number of esters is 1. The maximum Gasteiger partial charge on any atom is 0.343 e. The quantitative estimate of drug-likeness (QED) is 0.246. The van der Waals surface area contributed by atoms with Crippen LogP contribution >= 0.6 is 23.2 Å². The second-order valence-corrected chi connectivity index (χ2v) is 8.71. The predicted octanol–water partition coefficient (Wildman–Crippen LogP) is 4.83. The van der Waals surface area contributed by atoms with Crippen molar-refractivity contribution in [3.8, 4) is 5.75 Å². The van der Waals surface area contributed by atoms with Crippen LogP contribution in [0.2, 0.25) is 10.0 Å². The Bertz CT molecular complexity index is 1170. The molecule has 0 spiro atoms. The lowest BCUT2D eigenvalue weighted by Crippen LogP contribution is -2.18. The minimum atomic E-state index is -3.81. The largest absolute Gasteiger partial charge is 0.420 e. The van der Waals surface area contributed by atoms with Crippen molar-refractivity contribution in [1.82, 2.24) is 4.83 Å². The van der Waals surface area contributed by atoms with Gasteiger partial charge in [-0.05, 0) is 48.9 Å². The van der Waals surface area contributed by atoms with Crippen molar-refractivity contribution in [2.75, 3.05) is 0 Å². The van der Waals surface area contributed by atoms with Crippen LogP contribution in [0.5, 0.6) is 5.75 Å². The molecule has 0 saturated heterocycles. The van der Waals surface area contributed by atoms with Crippen LogP contribution in [0.15, 0.2) is 76.7 Å². The van der Waals surface area contributed by atoms with Gasteiger partial charge in [0, 0.05) is 0 Å². The van der Waals surface area contributed by atoms with Crippen molar-refractivity contribution in [2.24, 2.45) is 5.10 Å². The van der Waals surface area contributed by atoms with Crippen LogP contribution in [0.1, 0.15) is 21.5 Å². The summed E-state index contributed by atoms with van der Waals surface area (Å²) in [6.07, 6.45) is 1.24. The maximum atomic E-state index is 12.2. The molecule has 6 nitrogen and oxygen atoms in total. The summed E-state index contributed by atoms with van der Waals surface area (Å²) in [5.74, 6) is -0.601. The number of hydrazone groups is 1. The number of hydrogen-bond acceptors (Lipinski definition) is 5. The highest BCUT2D eigenvalue weighted by Crippen LogP contribution is 2.34. The second kappa shape index (κ2) is 9.30. The van der Waals surface area contributed by atoms with E-state index in [4.69, 9.17) is 27.9 Å². The number of carbonyl (C=O) groups is 1. The Morgan fingerprint density at radius 2 is 1.60 bits per heavy atom. The van der Waals surface area contributed by atoms with Crippen LogP contribution in [-0.4, -0.2) is 20.6 Å². The number of nitrogens with one attached hydrogen (secondary N) is 1. The predicted molar refractivity (Wildman–Crippen MR) is 117 cm³/mol. The Labute approximate surface area is 184 Å². The summed E-state index contributed by atoms with van der Waals surface area (Å²) < 4.78 is 29.8. The molecule has 0 atom stereocenters. The number of hydrogen-bond donors (Lipinski definition) is 1. The number of sulfonamides is 1. The van der Waals surface area contributed by atoms with Gasteiger partial charge in [-0.15, -0.1) is 0 Å². The van der Waals surface area contributed by atoms with Crippen molar-refractivity contribution in [1.29, 1.82) is 0 Å². The van der Waals surface area contributed by atoms with Gasteiger partial charge in [0.2, 0.25) is 0 Å². The van der Waals surface area contributed by atoms with Gasteiger partial charge in [0.05, 0.1) is 26.7 Å². The highest BCUT2D eigenvalue weighted by Gasteiger charge is 2.16. The smallest absolute Gasteiger partial charge is 0.343 e. The van der Waals surface area contributed by atoms with Crippen molar-refractivity contribution in [3.63, 3.8) is 0 Å². The fraction of sp³-hybridized carbons (Fsp3) is 0.0476. The van der Waals surface area contributed by atoms with Gasteiger partial charge >= 0.3 is 5.97 Å². The molecule has 154 valence electrons. The summed E-state index contributed by atoms with van der Waals surface area (Å²) >= 11 is 12.4. The van der Waals surface area contributed by atoms with E-state index in [9.17, 15) is 13.2 Å². The van der Waals surface area contributed by atoms with Gasteiger partial charge in [0.25, 0.3) is 10.0 Å². The van der Waals surface area contributed by atoms with E-state index in [0.29, 0.717) is 11.1 Å². The molecule has 0 amide bonds. The number of aryl methyl sites for hydroxylation is 1. The Balaban J connectivity index is 1.73. The van der Waals surface area contributed by atoms with Crippen molar-refractivity contribution < 1.29 is 17.9 Å². The minimum absolute atomic E-state index is 0.00423. The highest BCUT2D eigenvalue weighted by molar-refractivity contribution is 7.89. The van der Waals surface area contributed by atoms with E-state index < -0.39 is 16.0 Å². The third-order valence-electron chi connectivity index (χ3n) is 3.94. The van der Waals surface area contributed by atoms with Crippen LogP contribution in [0, 0.1) is 6.92 Å². The average Bonchev–Trinajstić information content (AvgIpc) is 2.71. The van der Waals surface area contributed by atoms with Crippen molar-refractivity contribution in [2.45, 2.75) is 11.8 Å². The first-order chi connectivity index (χ1) is 14.3. The van der Waals surface area contributed by atoms with Gasteiger partial charge in [-0.1, -0.05) is 59.1 Å². The molecule has 0 aliphatic carbocycles. The molecular weight excluding hydrogens is 447 g/mol. The van der Waals surface area contributed by atoms with Crippen molar-refractivity contribution >= 4 is 45.4 Å². The lowest BCUT2D eigenvalue weighted by atomic mass is 10.2. The molecule has 0 aliphatic heterocycles. The van der Waals surface area contributed by atoms with E-state index in [0.717, 1.165) is 5.56 Å². The molecule has 0 fully saturated rings. The summed E-state index contributed by atoms with van der Waals surface area (Å²) in [7, 11) is -3.81. The van der Waals surface area contributed by atoms with Crippen LogP contribution in [0.3, 0.4) is 0 Å². The van der Waals surface area contributed by atoms with E-state index in [1.807, 2.05) is 6.92 Å². The summed E-state index contributed by atoms with van der Waals surface area (Å²) in [6.45, 7) is 1.86. The standard InChI is InChI=1S/C21H16Cl2N2O4S/c1-14-7-9-17(10-8-14)30(27,28)25-24-13-15-11-18(22)20(19(23)12-15)29-21(26)16-5-3-2-4-6-16/h2-13,25H,1H3/b24-13-. The number of rotatable bonds is 6. The maximum absolute atomic E-state index is 12.2. The van der Waals surface area contributed by atoms with E-state index in [1.165, 1.54) is 30.5 Å². The summed E-state index contributed by atoms with van der Waals surface area (Å²) in [5, 5.41) is 3.90. The molecule has 1 N–H and O–H groups in total. The Morgan fingerprint density at radius 3 is 2.20 bits per heavy atom. The zero-order valence-electron chi connectivity index (χ0n) is 15.7. The van der Waals surface area contributed by atoms with Crippen LogP contribution in [-0.2, 0) is 10.0 Å². The molecule has 3 rings (SSSR count). The summed E-state index contributed by atoms with van der Waals surface area (Å²) in [6, 6.07) is 17.6. The molecule has 0 heterocycles.